The number of hydrogen-bond donors (Lipinski definition) is 2. The number of rotatable bonds is 0. The van der Waals surface area contributed by atoms with Crippen molar-refractivity contribution in [3.05, 3.63) is 30.0 Å². The minimum Gasteiger partial charge on any atom is -0.399 e. The Morgan fingerprint density at radius 1 is 1.23 bits per heavy atom. The fraction of sp³-hybridized carbons (Fsp3) is 0.100. The van der Waals surface area contributed by atoms with Crippen molar-refractivity contribution in [2.45, 2.75) is 6.92 Å². The smallest absolute Gasteiger partial charge is 0.0743 e. The summed E-state index contributed by atoms with van der Waals surface area (Å²) >= 11 is 0. The average Bonchev–Trinajstić information content (AvgIpc) is 2.12. The molecule has 0 bridgehead atoms. The van der Waals surface area contributed by atoms with Gasteiger partial charge in [0, 0.05) is 23.0 Å². The molecule has 1 aromatic carbocycles. The first-order chi connectivity index (χ1) is 6.18. The molecule has 3 heteroatoms. The molecule has 0 saturated heterocycles. The van der Waals surface area contributed by atoms with Crippen LogP contribution in [-0.2, 0) is 0 Å². The monoisotopic (exact) mass is 173 g/mol. The van der Waals surface area contributed by atoms with Crippen LogP contribution in [0.4, 0.5) is 11.4 Å². The third kappa shape index (κ3) is 1.18. The lowest BCUT2D eigenvalue weighted by atomic mass is 10.1. The summed E-state index contributed by atoms with van der Waals surface area (Å²) in [6, 6.07) is 5.56. The second-order valence-corrected chi connectivity index (χ2v) is 3.13. The summed E-state index contributed by atoms with van der Waals surface area (Å²) in [5.74, 6) is 0. The number of nitrogens with two attached hydrogens (primary N) is 2. The highest BCUT2D eigenvalue weighted by molar-refractivity contribution is 5.92. The van der Waals surface area contributed by atoms with Gasteiger partial charge in [-0.3, -0.25) is 4.98 Å². The Labute approximate surface area is 76.4 Å². The third-order valence-corrected chi connectivity index (χ3v) is 2.13. The zero-order valence-corrected chi connectivity index (χ0v) is 7.41. The van der Waals surface area contributed by atoms with Crippen molar-refractivity contribution in [3.63, 3.8) is 0 Å². The second-order valence-electron chi connectivity index (χ2n) is 3.13. The number of aryl methyl sites for hydroxylation is 1. The molecular formula is C10H11N3. The van der Waals surface area contributed by atoms with Crippen LogP contribution in [-0.4, -0.2) is 4.98 Å². The summed E-state index contributed by atoms with van der Waals surface area (Å²) in [4.78, 5) is 4.24. The summed E-state index contributed by atoms with van der Waals surface area (Å²) in [6.07, 6.45) is 1.76. The Bertz CT molecular complexity index is 463. The van der Waals surface area contributed by atoms with E-state index in [1.54, 1.807) is 6.20 Å². The number of nitrogen functional groups attached to an aromatic ring is 2. The van der Waals surface area contributed by atoms with Gasteiger partial charge in [0.05, 0.1) is 5.52 Å². The van der Waals surface area contributed by atoms with E-state index >= 15 is 0 Å². The van der Waals surface area contributed by atoms with Crippen LogP contribution in [0.3, 0.4) is 0 Å². The lowest BCUT2D eigenvalue weighted by Crippen LogP contribution is -1.94. The van der Waals surface area contributed by atoms with E-state index < -0.39 is 0 Å². The van der Waals surface area contributed by atoms with E-state index in [0.29, 0.717) is 5.69 Å². The number of pyridine rings is 1. The fourth-order valence-electron chi connectivity index (χ4n) is 1.33. The molecule has 0 spiro atoms. The minimum atomic E-state index is 0.711. The maximum Gasteiger partial charge on any atom is 0.0743 e. The van der Waals surface area contributed by atoms with E-state index in [1.807, 2.05) is 25.1 Å². The van der Waals surface area contributed by atoms with Gasteiger partial charge < -0.3 is 11.5 Å². The standard InChI is InChI=1S/C10H11N3/c1-6-5-13-9-4-7(11)2-3-8(9)10(6)12/h2-5H,11H2,1H3,(H2,12,13). The zero-order valence-electron chi connectivity index (χ0n) is 7.41. The summed E-state index contributed by atoms with van der Waals surface area (Å²) in [5.41, 5.74) is 14.9. The molecule has 0 aliphatic carbocycles. The van der Waals surface area contributed by atoms with Crippen LogP contribution in [0.5, 0.6) is 0 Å². The van der Waals surface area contributed by atoms with Crippen molar-refractivity contribution >= 4 is 22.3 Å². The van der Waals surface area contributed by atoms with Gasteiger partial charge in [0.2, 0.25) is 0 Å². The molecule has 0 radical (unpaired) electrons. The quantitative estimate of drug-likeness (QED) is 0.596. The van der Waals surface area contributed by atoms with Crippen molar-refractivity contribution < 1.29 is 0 Å². The van der Waals surface area contributed by atoms with Crippen molar-refractivity contribution in [3.8, 4) is 0 Å². The molecular weight excluding hydrogens is 162 g/mol. The van der Waals surface area contributed by atoms with Gasteiger partial charge in [-0.2, -0.15) is 0 Å². The summed E-state index contributed by atoms with van der Waals surface area (Å²) in [6.45, 7) is 1.94. The largest absolute Gasteiger partial charge is 0.399 e. The van der Waals surface area contributed by atoms with Crippen LogP contribution in [0.15, 0.2) is 24.4 Å². The summed E-state index contributed by atoms with van der Waals surface area (Å²) in [7, 11) is 0. The van der Waals surface area contributed by atoms with Gasteiger partial charge in [-0.05, 0) is 30.7 Å². The number of aromatic nitrogens is 1. The molecule has 13 heavy (non-hydrogen) atoms. The molecule has 66 valence electrons. The van der Waals surface area contributed by atoms with Gasteiger partial charge in [-0.25, -0.2) is 0 Å². The summed E-state index contributed by atoms with van der Waals surface area (Å²) in [5, 5.41) is 0.967. The van der Waals surface area contributed by atoms with Gasteiger partial charge in [0.25, 0.3) is 0 Å². The van der Waals surface area contributed by atoms with Crippen LogP contribution in [0.2, 0.25) is 0 Å². The number of fused-ring (bicyclic) bond motifs is 1. The van der Waals surface area contributed by atoms with Gasteiger partial charge in [0.1, 0.15) is 0 Å². The molecule has 0 atom stereocenters. The first kappa shape index (κ1) is 7.86. The van der Waals surface area contributed by atoms with Gasteiger partial charge >= 0.3 is 0 Å². The molecule has 4 N–H and O–H groups in total. The van der Waals surface area contributed by atoms with E-state index in [9.17, 15) is 0 Å². The molecule has 2 rings (SSSR count). The average molecular weight is 173 g/mol. The first-order valence-electron chi connectivity index (χ1n) is 4.09. The van der Waals surface area contributed by atoms with Crippen LogP contribution in [0.25, 0.3) is 10.9 Å². The predicted molar refractivity (Wildman–Crippen MR) is 55.3 cm³/mol. The van der Waals surface area contributed by atoms with Crippen molar-refractivity contribution in [1.82, 2.24) is 4.98 Å². The normalized spacial score (nSPS) is 10.5. The van der Waals surface area contributed by atoms with Crippen molar-refractivity contribution in [2.75, 3.05) is 11.5 Å². The second kappa shape index (κ2) is 2.62. The highest BCUT2D eigenvalue weighted by Gasteiger charge is 2.01. The molecule has 0 aliphatic heterocycles. The van der Waals surface area contributed by atoms with E-state index in [2.05, 4.69) is 4.98 Å². The Balaban J connectivity index is 2.87. The minimum absolute atomic E-state index is 0.711. The highest BCUT2D eigenvalue weighted by Crippen LogP contribution is 2.23. The van der Waals surface area contributed by atoms with Crippen molar-refractivity contribution in [2.24, 2.45) is 0 Å². The van der Waals surface area contributed by atoms with E-state index in [1.165, 1.54) is 0 Å². The molecule has 0 saturated carbocycles. The number of benzene rings is 1. The zero-order chi connectivity index (χ0) is 9.42. The van der Waals surface area contributed by atoms with E-state index in [0.717, 1.165) is 22.2 Å². The van der Waals surface area contributed by atoms with Crippen LogP contribution >= 0.6 is 0 Å². The van der Waals surface area contributed by atoms with E-state index in [-0.39, 0.29) is 0 Å². The molecule has 1 heterocycles. The van der Waals surface area contributed by atoms with Crippen molar-refractivity contribution in [1.29, 1.82) is 0 Å². The highest BCUT2D eigenvalue weighted by atomic mass is 14.7. The van der Waals surface area contributed by atoms with Gasteiger partial charge in [0.15, 0.2) is 0 Å². The topological polar surface area (TPSA) is 64.9 Å². The number of anilines is 2. The maximum atomic E-state index is 5.89. The number of nitrogens with zero attached hydrogens (tertiary/aromatic N) is 1. The van der Waals surface area contributed by atoms with Gasteiger partial charge in [-0.1, -0.05) is 0 Å². The fourth-order valence-corrected chi connectivity index (χ4v) is 1.33. The predicted octanol–water partition coefficient (Wildman–Crippen LogP) is 1.71. The van der Waals surface area contributed by atoms with Gasteiger partial charge in [-0.15, -0.1) is 0 Å². The molecule has 2 aromatic rings. The van der Waals surface area contributed by atoms with Crippen LogP contribution in [0.1, 0.15) is 5.56 Å². The molecule has 0 aliphatic rings. The lowest BCUT2D eigenvalue weighted by Gasteiger charge is -2.04. The Morgan fingerprint density at radius 2 is 2.00 bits per heavy atom. The maximum absolute atomic E-state index is 5.89. The summed E-state index contributed by atoms with van der Waals surface area (Å²) < 4.78 is 0. The molecule has 1 aromatic heterocycles. The Morgan fingerprint density at radius 3 is 2.77 bits per heavy atom. The van der Waals surface area contributed by atoms with Crippen LogP contribution in [0, 0.1) is 6.92 Å². The molecule has 0 fully saturated rings. The third-order valence-electron chi connectivity index (χ3n) is 2.13. The van der Waals surface area contributed by atoms with E-state index in [4.69, 9.17) is 11.5 Å². The Kier molecular flexibility index (Phi) is 1.59. The number of hydrogen-bond acceptors (Lipinski definition) is 3. The first-order valence-corrected chi connectivity index (χ1v) is 4.09. The van der Waals surface area contributed by atoms with Crippen LogP contribution < -0.4 is 11.5 Å². The molecule has 0 unspecified atom stereocenters. The SMILES string of the molecule is Cc1cnc2cc(N)ccc2c1N. The molecule has 0 amide bonds. The Hall–Kier alpha value is -1.77. The lowest BCUT2D eigenvalue weighted by molar-refractivity contribution is 1.34. The molecule has 3 nitrogen and oxygen atoms in total.